The van der Waals surface area contributed by atoms with Crippen LogP contribution in [0.4, 0.5) is 0 Å². The SMILES string of the molecule is CN=C(NCC(=O)NCCOC)N1CCN(Cc2cc(OC)ccc2OC)CC1.I. The number of hydrogen-bond acceptors (Lipinski definition) is 6. The number of carbonyl (C=O) groups excluding carboxylic acids is 1. The van der Waals surface area contributed by atoms with Gasteiger partial charge < -0.3 is 29.7 Å². The maximum atomic E-state index is 11.9. The number of methoxy groups -OCH3 is 3. The Hall–Kier alpha value is -1.79. The topological polar surface area (TPSA) is 87.7 Å². The fraction of sp³-hybridized carbons (Fsp3) is 0.600. The van der Waals surface area contributed by atoms with Crippen molar-refractivity contribution in [1.82, 2.24) is 20.4 Å². The third-order valence-electron chi connectivity index (χ3n) is 4.80. The molecule has 0 aliphatic carbocycles. The highest BCUT2D eigenvalue weighted by molar-refractivity contribution is 14.0. The van der Waals surface area contributed by atoms with Gasteiger partial charge in [0, 0.05) is 59.0 Å². The zero-order valence-corrected chi connectivity index (χ0v) is 20.6. The van der Waals surface area contributed by atoms with E-state index in [0.29, 0.717) is 13.2 Å². The molecule has 0 spiro atoms. The van der Waals surface area contributed by atoms with E-state index >= 15 is 0 Å². The summed E-state index contributed by atoms with van der Waals surface area (Å²) in [5.41, 5.74) is 1.11. The average molecular weight is 535 g/mol. The Balaban J connectivity index is 0.00000450. The minimum Gasteiger partial charge on any atom is -0.497 e. The summed E-state index contributed by atoms with van der Waals surface area (Å²) in [7, 11) is 6.69. The number of nitrogens with zero attached hydrogens (tertiary/aromatic N) is 3. The molecule has 170 valence electrons. The molecule has 1 heterocycles. The Labute approximate surface area is 196 Å². The van der Waals surface area contributed by atoms with Gasteiger partial charge in [-0.05, 0) is 18.2 Å². The van der Waals surface area contributed by atoms with Crippen LogP contribution in [0.25, 0.3) is 0 Å². The van der Waals surface area contributed by atoms with Gasteiger partial charge in [0.25, 0.3) is 0 Å². The van der Waals surface area contributed by atoms with Crippen molar-refractivity contribution in [3.05, 3.63) is 23.8 Å². The molecule has 1 fully saturated rings. The smallest absolute Gasteiger partial charge is 0.239 e. The van der Waals surface area contributed by atoms with Gasteiger partial charge in [0.1, 0.15) is 11.5 Å². The normalized spacial score (nSPS) is 14.7. The zero-order valence-electron chi connectivity index (χ0n) is 18.3. The second kappa shape index (κ2) is 14.3. The first-order valence-electron chi connectivity index (χ1n) is 9.75. The number of guanidine groups is 1. The van der Waals surface area contributed by atoms with Crippen molar-refractivity contribution >= 4 is 35.8 Å². The van der Waals surface area contributed by atoms with E-state index in [-0.39, 0.29) is 36.4 Å². The number of amides is 1. The quantitative estimate of drug-likeness (QED) is 0.209. The molecule has 2 rings (SSSR count). The number of rotatable bonds is 9. The molecule has 1 amide bonds. The van der Waals surface area contributed by atoms with Crippen LogP contribution in [0.2, 0.25) is 0 Å². The number of ether oxygens (including phenoxy) is 3. The third kappa shape index (κ3) is 8.15. The number of benzene rings is 1. The highest BCUT2D eigenvalue weighted by Gasteiger charge is 2.21. The minimum absolute atomic E-state index is 0. The Kier molecular flexibility index (Phi) is 12.5. The number of aliphatic imine (C=N–C) groups is 1. The molecule has 0 unspecified atom stereocenters. The van der Waals surface area contributed by atoms with E-state index in [1.54, 1.807) is 28.4 Å². The predicted molar refractivity (Wildman–Crippen MR) is 128 cm³/mol. The summed E-state index contributed by atoms with van der Waals surface area (Å²) in [6.07, 6.45) is 0. The molecule has 2 N–H and O–H groups in total. The molecule has 0 aromatic heterocycles. The van der Waals surface area contributed by atoms with Crippen molar-refractivity contribution in [3.63, 3.8) is 0 Å². The number of carbonyl (C=O) groups is 1. The Bertz CT molecular complexity index is 681. The summed E-state index contributed by atoms with van der Waals surface area (Å²) < 4.78 is 15.8. The van der Waals surface area contributed by atoms with Crippen LogP contribution in [0.1, 0.15) is 5.56 Å². The zero-order chi connectivity index (χ0) is 21.1. The van der Waals surface area contributed by atoms with Crippen molar-refractivity contribution in [2.24, 2.45) is 4.99 Å². The molecular weight excluding hydrogens is 501 g/mol. The Morgan fingerprint density at radius 2 is 1.83 bits per heavy atom. The first-order chi connectivity index (χ1) is 14.1. The van der Waals surface area contributed by atoms with Gasteiger partial charge in [-0.25, -0.2) is 0 Å². The van der Waals surface area contributed by atoms with E-state index in [2.05, 4.69) is 25.4 Å². The van der Waals surface area contributed by atoms with Crippen molar-refractivity contribution in [3.8, 4) is 11.5 Å². The van der Waals surface area contributed by atoms with Gasteiger partial charge in [0.15, 0.2) is 5.96 Å². The summed E-state index contributed by atoms with van der Waals surface area (Å²) >= 11 is 0. The Morgan fingerprint density at radius 1 is 1.10 bits per heavy atom. The molecule has 1 aliphatic rings. The van der Waals surface area contributed by atoms with Crippen LogP contribution in [0.5, 0.6) is 11.5 Å². The summed E-state index contributed by atoms with van der Waals surface area (Å²) in [4.78, 5) is 20.7. The predicted octanol–water partition coefficient (Wildman–Crippen LogP) is 0.777. The van der Waals surface area contributed by atoms with Crippen molar-refractivity contribution < 1.29 is 19.0 Å². The van der Waals surface area contributed by atoms with E-state index in [4.69, 9.17) is 14.2 Å². The van der Waals surface area contributed by atoms with Crippen molar-refractivity contribution in [2.75, 3.05) is 74.3 Å². The molecular formula is C20H34IN5O4. The second-order valence-electron chi connectivity index (χ2n) is 6.68. The van der Waals surface area contributed by atoms with E-state index in [9.17, 15) is 4.79 Å². The molecule has 1 aliphatic heterocycles. The summed E-state index contributed by atoms with van der Waals surface area (Å²) in [6.45, 7) is 5.43. The number of nitrogens with one attached hydrogen (secondary N) is 2. The molecule has 1 saturated heterocycles. The monoisotopic (exact) mass is 535 g/mol. The van der Waals surface area contributed by atoms with Crippen LogP contribution in [-0.2, 0) is 16.1 Å². The van der Waals surface area contributed by atoms with Crippen LogP contribution < -0.4 is 20.1 Å². The highest BCUT2D eigenvalue weighted by atomic mass is 127. The van der Waals surface area contributed by atoms with Crippen LogP contribution >= 0.6 is 24.0 Å². The standard InChI is InChI=1S/C20H33N5O4.HI/c1-21-20(23-14-19(26)22-7-12-27-2)25-10-8-24(9-11-25)15-16-13-17(28-3)5-6-18(16)29-4;/h5-6,13H,7-12,14-15H2,1-4H3,(H,21,23)(H,22,26);1H. The maximum absolute atomic E-state index is 11.9. The highest BCUT2D eigenvalue weighted by Crippen LogP contribution is 2.25. The van der Waals surface area contributed by atoms with Gasteiger partial charge in [0.05, 0.1) is 27.4 Å². The third-order valence-corrected chi connectivity index (χ3v) is 4.80. The average Bonchev–Trinajstić information content (AvgIpc) is 2.75. The lowest BCUT2D eigenvalue weighted by Gasteiger charge is -2.36. The lowest BCUT2D eigenvalue weighted by atomic mass is 10.1. The number of halogens is 1. The molecule has 0 atom stereocenters. The van der Waals surface area contributed by atoms with E-state index in [1.807, 2.05) is 18.2 Å². The lowest BCUT2D eigenvalue weighted by Crippen LogP contribution is -2.53. The molecule has 30 heavy (non-hydrogen) atoms. The number of hydrogen-bond donors (Lipinski definition) is 2. The van der Waals surface area contributed by atoms with E-state index < -0.39 is 0 Å². The fourth-order valence-corrected chi connectivity index (χ4v) is 3.21. The van der Waals surface area contributed by atoms with Crippen LogP contribution in [0.3, 0.4) is 0 Å². The van der Waals surface area contributed by atoms with Gasteiger partial charge in [-0.2, -0.15) is 0 Å². The van der Waals surface area contributed by atoms with Gasteiger partial charge in [0.2, 0.25) is 5.91 Å². The minimum atomic E-state index is -0.0769. The summed E-state index contributed by atoms with van der Waals surface area (Å²) in [5.74, 6) is 2.36. The number of piperazine rings is 1. The van der Waals surface area contributed by atoms with Crippen molar-refractivity contribution in [1.29, 1.82) is 0 Å². The first-order valence-corrected chi connectivity index (χ1v) is 9.75. The van der Waals surface area contributed by atoms with Gasteiger partial charge in [-0.1, -0.05) is 0 Å². The maximum Gasteiger partial charge on any atom is 0.239 e. The largest absolute Gasteiger partial charge is 0.497 e. The fourth-order valence-electron chi connectivity index (χ4n) is 3.21. The summed E-state index contributed by atoms with van der Waals surface area (Å²) in [5, 5.41) is 5.92. The van der Waals surface area contributed by atoms with Crippen LogP contribution in [0.15, 0.2) is 23.2 Å². The van der Waals surface area contributed by atoms with Crippen LogP contribution in [-0.4, -0.2) is 95.9 Å². The second-order valence-corrected chi connectivity index (χ2v) is 6.68. The van der Waals surface area contributed by atoms with Gasteiger partial charge >= 0.3 is 0 Å². The molecule has 0 radical (unpaired) electrons. The lowest BCUT2D eigenvalue weighted by molar-refractivity contribution is -0.120. The van der Waals surface area contributed by atoms with Crippen molar-refractivity contribution in [2.45, 2.75) is 6.54 Å². The molecule has 1 aromatic carbocycles. The molecule has 10 heteroatoms. The Morgan fingerprint density at radius 3 is 2.43 bits per heavy atom. The molecule has 1 aromatic rings. The van der Waals surface area contributed by atoms with Gasteiger partial charge in [-0.15, -0.1) is 24.0 Å². The first kappa shape index (κ1) is 26.2. The van der Waals surface area contributed by atoms with Crippen LogP contribution in [0, 0.1) is 0 Å². The summed E-state index contributed by atoms with van der Waals surface area (Å²) in [6, 6.07) is 5.86. The molecule has 0 saturated carbocycles. The van der Waals surface area contributed by atoms with E-state index in [0.717, 1.165) is 55.7 Å². The van der Waals surface area contributed by atoms with Gasteiger partial charge in [-0.3, -0.25) is 14.7 Å². The van der Waals surface area contributed by atoms with E-state index in [1.165, 1.54) is 0 Å². The molecule has 0 bridgehead atoms. The molecule has 9 nitrogen and oxygen atoms in total.